The minimum atomic E-state index is -4.07. The Kier molecular flexibility index (Phi) is 8.77. The van der Waals surface area contributed by atoms with Gasteiger partial charge in [-0.2, -0.15) is 0 Å². The Balaban J connectivity index is 2.23. The molecule has 0 bridgehead atoms. The lowest BCUT2D eigenvalue weighted by Crippen LogP contribution is -2.45. The Bertz CT molecular complexity index is 1290. The number of aryl methyl sites for hydroxylation is 1. The number of esters is 2. The van der Waals surface area contributed by atoms with Gasteiger partial charge < -0.3 is 14.2 Å². The number of sulfonamides is 1. The smallest absolute Gasteiger partial charge is 0.336 e. The molecule has 1 heterocycles. The second kappa shape index (κ2) is 11.6. The van der Waals surface area contributed by atoms with Gasteiger partial charge >= 0.3 is 11.9 Å². The van der Waals surface area contributed by atoms with E-state index in [4.69, 9.17) is 14.2 Å². The number of allylic oxidation sites excluding steroid dienone is 2. The molecule has 0 spiro atoms. The molecular formula is C27H32N2O7S. The summed E-state index contributed by atoms with van der Waals surface area (Å²) in [4.78, 5) is 29.1. The lowest BCUT2D eigenvalue weighted by Gasteiger charge is -2.37. The van der Waals surface area contributed by atoms with E-state index >= 15 is 0 Å². The molecule has 1 aliphatic rings. The van der Waals surface area contributed by atoms with Gasteiger partial charge in [0.15, 0.2) is 0 Å². The number of nitrogens with one attached hydrogen (secondary N) is 1. The van der Waals surface area contributed by atoms with Crippen molar-refractivity contribution in [2.24, 2.45) is 0 Å². The van der Waals surface area contributed by atoms with Crippen molar-refractivity contribution in [1.29, 1.82) is 0 Å². The molecule has 1 N–H and O–H groups in total. The minimum Gasteiger partial charge on any atom is -0.497 e. The first kappa shape index (κ1) is 27.9. The maximum atomic E-state index is 13.3. The Hall–Kier alpha value is -3.63. The molecule has 10 heteroatoms. The number of ether oxygens (including phenoxy) is 3. The third kappa shape index (κ3) is 5.86. The molecule has 0 saturated heterocycles. The van der Waals surface area contributed by atoms with Crippen LogP contribution in [0.4, 0.5) is 0 Å². The highest BCUT2D eigenvalue weighted by atomic mass is 32.2. The molecule has 0 atom stereocenters. The highest BCUT2D eigenvalue weighted by Crippen LogP contribution is 2.43. The van der Waals surface area contributed by atoms with Gasteiger partial charge in [-0.1, -0.05) is 29.8 Å². The quantitative estimate of drug-likeness (QED) is 0.487. The molecule has 0 amide bonds. The van der Waals surface area contributed by atoms with Gasteiger partial charge in [0.1, 0.15) is 5.75 Å². The fraction of sp³-hybridized carbons (Fsp3) is 0.333. The molecule has 0 aliphatic carbocycles. The zero-order chi connectivity index (χ0) is 27.3. The van der Waals surface area contributed by atoms with Crippen LogP contribution in [0, 0.1) is 6.92 Å². The number of methoxy groups -OCH3 is 1. The summed E-state index contributed by atoms with van der Waals surface area (Å²) in [5, 5.41) is 1.23. The van der Waals surface area contributed by atoms with E-state index in [1.807, 2.05) is 6.92 Å². The molecule has 2 aromatic rings. The Morgan fingerprint density at radius 3 is 1.76 bits per heavy atom. The number of carbonyl (C=O) groups is 2. The number of hydrogen-bond donors (Lipinski definition) is 1. The first-order chi connectivity index (χ1) is 17.5. The highest BCUT2D eigenvalue weighted by molar-refractivity contribution is 7.89. The number of benzene rings is 2. The van der Waals surface area contributed by atoms with E-state index in [0.717, 1.165) is 5.56 Å². The maximum Gasteiger partial charge on any atom is 0.336 e. The van der Waals surface area contributed by atoms with Crippen molar-refractivity contribution < 1.29 is 32.2 Å². The Morgan fingerprint density at radius 2 is 1.32 bits per heavy atom. The van der Waals surface area contributed by atoms with Gasteiger partial charge in [-0.3, -0.25) is 5.01 Å². The van der Waals surface area contributed by atoms with E-state index in [1.54, 1.807) is 64.1 Å². The van der Waals surface area contributed by atoms with Crippen molar-refractivity contribution in [3.63, 3.8) is 0 Å². The third-order valence-corrected chi connectivity index (χ3v) is 7.33. The lowest BCUT2D eigenvalue weighted by atomic mass is 9.80. The van der Waals surface area contributed by atoms with E-state index in [-0.39, 0.29) is 40.6 Å². The predicted octanol–water partition coefficient (Wildman–Crippen LogP) is 3.97. The van der Waals surface area contributed by atoms with Crippen LogP contribution in [-0.2, 0) is 29.1 Å². The summed E-state index contributed by atoms with van der Waals surface area (Å²) in [5.41, 5.74) is 2.31. The molecule has 3 rings (SSSR count). The average molecular weight is 529 g/mol. The average Bonchev–Trinajstić information content (AvgIpc) is 2.86. The zero-order valence-corrected chi connectivity index (χ0v) is 22.6. The Morgan fingerprint density at radius 1 is 0.838 bits per heavy atom. The molecule has 0 aromatic heterocycles. The molecule has 0 fully saturated rings. The number of nitrogens with zero attached hydrogens (tertiary/aromatic N) is 1. The van der Waals surface area contributed by atoms with E-state index < -0.39 is 27.9 Å². The monoisotopic (exact) mass is 528 g/mol. The van der Waals surface area contributed by atoms with Crippen LogP contribution < -0.4 is 9.57 Å². The van der Waals surface area contributed by atoms with Crippen LogP contribution in [0.25, 0.3) is 0 Å². The number of carbonyl (C=O) groups excluding carboxylic acids is 2. The molecule has 37 heavy (non-hydrogen) atoms. The van der Waals surface area contributed by atoms with Crippen LogP contribution in [0.3, 0.4) is 0 Å². The van der Waals surface area contributed by atoms with E-state index in [9.17, 15) is 18.0 Å². The van der Waals surface area contributed by atoms with Gasteiger partial charge in [0, 0.05) is 11.4 Å². The predicted molar refractivity (Wildman–Crippen MR) is 138 cm³/mol. The molecule has 9 nitrogen and oxygen atoms in total. The minimum absolute atomic E-state index is 0.0337. The Labute approximate surface area is 217 Å². The standard InChI is InChI=1S/C27H32N2O7S/c1-7-35-26(30)23-18(4)29(28-37(32,33)22-15-9-17(3)10-16-22)19(5)24(27(31)36-8-2)25(23)20-11-13-21(34-6)14-12-20/h9-16,25,28H,7-8H2,1-6H3. The van der Waals surface area contributed by atoms with Crippen molar-refractivity contribution in [2.45, 2.75) is 45.4 Å². The van der Waals surface area contributed by atoms with E-state index in [1.165, 1.54) is 24.3 Å². The van der Waals surface area contributed by atoms with Crippen molar-refractivity contribution in [3.8, 4) is 5.75 Å². The zero-order valence-electron chi connectivity index (χ0n) is 21.8. The van der Waals surface area contributed by atoms with Crippen LogP contribution in [-0.4, -0.2) is 45.7 Å². The van der Waals surface area contributed by atoms with Gasteiger partial charge in [-0.15, -0.1) is 4.83 Å². The van der Waals surface area contributed by atoms with Gasteiger partial charge in [0.25, 0.3) is 10.0 Å². The fourth-order valence-electron chi connectivity index (χ4n) is 4.16. The van der Waals surface area contributed by atoms with Crippen molar-refractivity contribution in [3.05, 3.63) is 82.2 Å². The largest absolute Gasteiger partial charge is 0.497 e. The fourth-order valence-corrected chi connectivity index (χ4v) is 5.27. The maximum absolute atomic E-state index is 13.3. The SMILES string of the molecule is CCOC(=O)C1=C(C)N(NS(=O)(=O)c2ccc(C)cc2)C(C)=C(C(=O)OCC)C1c1ccc(OC)cc1. The van der Waals surface area contributed by atoms with Crippen LogP contribution in [0.1, 0.15) is 44.7 Å². The first-order valence-electron chi connectivity index (χ1n) is 11.8. The summed E-state index contributed by atoms with van der Waals surface area (Å²) in [7, 11) is -2.53. The third-order valence-electron chi connectivity index (χ3n) is 6.01. The second-order valence-electron chi connectivity index (χ2n) is 8.39. The van der Waals surface area contributed by atoms with Gasteiger partial charge in [-0.05, 0) is 64.4 Å². The summed E-state index contributed by atoms with van der Waals surface area (Å²) in [6.45, 7) is 8.59. The number of rotatable bonds is 9. The molecule has 198 valence electrons. The number of hydrogen-bond acceptors (Lipinski definition) is 8. The molecule has 0 unspecified atom stereocenters. The summed E-state index contributed by atoms with van der Waals surface area (Å²) < 4.78 is 42.5. The van der Waals surface area contributed by atoms with Crippen LogP contribution >= 0.6 is 0 Å². The molecule has 0 radical (unpaired) electrons. The molecular weight excluding hydrogens is 496 g/mol. The first-order valence-corrected chi connectivity index (χ1v) is 13.3. The highest BCUT2D eigenvalue weighted by Gasteiger charge is 2.41. The summed E-state index contributed by atoms with van der Waals surface area (Å²) in [6, 6.07) is 13.3. The topological polar surface area (TPSA) is 111 Å². The molecule has 0 saturated carbocycles. The summed E-state index contributed by atoms with van der Waals surface area (Å²) in [6.07, 6.45) is 0. The van der Waals surface area contributed by atoms with Gasteiger partial charge in [0.05, 0.1) is 42.3 Å². The lowest BCUT2D eigenvalue weighted by molar-refractivity contribution is -0.139. The van der Waals surface area contributed by atoms with Crippen molar-refractivity contribution >= 4 is 22.0 Å². The van der Waals surface area contributed by atoms with E-state index in [2.05, 4.69) is 4.83 Å². The van der Waals surface area contributed by atoms with Gasteiger partial charge in [-0.25, -0.2) is 18.0 Å². The van der Waals surface area contributed by atoms with Gasteiger partial charge in [0.2, 0.25) is 0 Å². The van der Waals surface area contributed by atoms with Crippen molar-refractivity contribution in [1.82, 2.24) is 9.84 Å². The number of hydrazine groups is 1. The molecule has 1 aliphatic heterocycles. The van der Waals surface area contributed by atoms with Crippen LogP contribution in [0.15, 0.2) is 76.0 Å². The van der Waals surface area contributed by atoms with Crippen LogP contribution in [0.5, 0.6) is 5.75 Å². The second-order valence-corrected chi connectivity index (χ2v) is 10.0. The molecule has 2 aromatic carbocycles. The summed E-state index contributed by atoms with van der Waals surface area (Å²) in [5.74, 6) is -1.60. The summed E-state index contributed by atoms with van der Waals surface area (Å²) >= 11 is 0. The normalized spacial score (nSPS) is 14.6. The van der Waals surface area contributed by atoms with Crippen molar-refractivity contribution in [2.75, 3.05) is 20.3 Å². The van der Waals surface area contributed by atoms with Crippen LogP contribution in [0.2, 0.25) is 0 Å². The van der Waals surface area contributed by atoms with E-state index in [0.29, 0.717) is 11.3 Å².